The van der Waals surface area contributed by atoms with Gasteiger partial charge in [0.25, 0.3) is 0 Å². The second-order valence-electron chi connectivity index (χ2n) is 3.89. The molecule has 1 unspecified atom stereocenters. The third-order valence-electron chi connectivity index (χ3n) is 2.83. The second kappa shape index (κ2) is 5.37. The van der Waals surface area contributed by atoms with Crippen LogP contribution in [0.5, 0.6) is 0 Å². The first-order valence-corrected chi connectivity index (χ1v) is 7.23. The summed E-state index contributed by atoms with van der Waals surface area (Å²) in [4.78, 5) is 0. The molecule has 0 bridgehead atoms. The van der Waals surface area contributed by atoms with Crippen LogP contribution in [0, 0.1) is 0 Å². The lowest BCUT2D eigenvalue weighted by Gasteiger charge is -2.12. The Labute approximate surface area is 103 Å². The van der Waals surface area contributed by atoms with E-state index in [1.54, 1.807) is 0 Å². The van der Waals surface area contributed by atoms with Crippen molar-refractivity contribution in [1.82, 2.24) is 0 Å². The van der Waals surface area contributed by atoms with Crippen molar-refractivity contribution in [2.24, 2.45) is 0 Å². The van der Waals surface area contributed by atoms with Crippen molar-refractivity contribution in [3.63, 3.8) is 0 Å². The van der Waals surface area contributed by atoms with Gasteiger partial charge in [0.15, 0.2) is 0 Å². The fourth-order valence-electron chi connectivity index (χ4n) is 1.97. The molecule has 1 fully saturated rings. The molecule has 0 amide bonds. The molecule has 1 aromatic rings. The predicted molar refractivity (Wildman–Crippen MR) is 69.6 cm³/mol. The molecule has 1 aliphatic rings. The van der Waals surface area contributed by atoms with Crippen LogP contribution in [0.4, 0.5) is 0 Å². The Morgan fingerprint density at radius 3 is 2.93 bits per heavy atom. The van der Waals surface area contributed by atoms with Crippen molar-refractivity contribution in [2.45, 2.75) is 18.8 Å². The van der Waals surface area contributed by atoms with Gasteiger partial charge in [-0.2, -0.15) is 11.8 Å². The van der Waals surface area contributed by atoms with Crippen LogP contribution in [0.25, 0.3) is 0 Å². The molecular weight excluding hydrogens is 272 g/mol. The van der Waals surface area contributed by atoms with Crippen LogP contribution in [-0.4, -0.2) is 23.2 Å². The number of aliphatic hydroxyl groups excluding tert-OH is 1. The molecule has 0 spiro atoms. The molecule has 82 valence electrons. The van der Waals surface area contributed by atoms with Crippen molar-refractivity contribution in [3.05, 3.63) is 33.8 Å². The van der Waals surface area contributed by atoms with Crippen LogP contribution in [0.2, 0.25) is 0 Å². The highest BCUT2D eigenvalue weighted by molar-refractivity contribution is 9.10. The Bertz CT molecular complexity index is 334. The minimum atomic E-state index is 0.227. The maximum Gasteiger partial charge on any atom is 0.0471 e. The maximum atomic E-state index is 8.87. The number of hydrogen-bond donors (Lipinski definition) is 1. The smallest absolute Gasteiger partial charge is 0.0471 e. The van der Waals surface area contributed by atoms with Crippen molar-refractivity contribution in [3.8, 4) is 0 Å². The molecule has 15 heavy (non-hydrogen) atoms. The van der Waals surface area contributed by atoms with E-state index in [1.807, 2.05) is 11.8 Å². The Kier molecular flexibility index (Phi) is 4.12. The van der Waals surface area contributed by atoms with Gasteiger partial charge in [0.1, 0.15) is 0 Å². The van der Waals surface area contributed by atoms with E-state index in [2.05, 4.69) is 34.1 Å². The average Bonchev–Trinajstić information content (AvgIpc) is 2.71. The van der Waals surface area contributed by atoms with Crippen molar-refractivity contribution in [1.29, 1.82) is 0 Å². The van der Waals surface area contributed by atoms with E-state index in [0.717, 1.165) is 6.42 Å². The van der Waals surface area contributed by atoms with Crippen molar-refractivity contribution >= 4 is 27.7 Å². The summed E-state index contributed by atoms with van der Waals surface area (Å²) in [6, 6.07) is 6.50. The zero-order chi connectivity index (χ0) is 10.7. The fourth-order valence-corrected chi connectivity index (χ4v) is 3.96. The second-order valence-corrected chi connectivity index (χ2v) is 5.89. The molecule has 1 atom stereocenters. The SMILES string of the molecule is OCCc1ccc(C2CCSC2)c(Br)c1. The summed E-state index contributed by atoms with van der Waals surface area (Å²) in [5.41, 5.74) is 2.64. The van der Waals surface area contributed by atoms with Gasteiger partial charge < -0.3 is 5.11 Å². The quantitative estimate of drug-likeness (QED) is 0.921. The average molecular weight is 287 g/mol. The summed E-state index contributed by atoms with van der Waals surface area (Å²) in [6.07, 6.45) is 2.04. The zero-order valence-electron chi connectivity index (χ0n) is 8.58. The predicted octanol–water partition coefficient (Wildman–Crippen LogP) is 3.20. The highest BCUT2D eigenvalue weighted by atomic mass is 79.9. The minimum absolute atomic E-state index is 0.227. The molecule has 1 heterocycles. The molecule has 0 aliphatic carbocycles. The lowest BCUT2D eigenvalue weighted by atomic mass is 9.97. The number of hydrogen-bond acceptors (Lipinski definition) is 2. The number of halogens is 1. The highest BCUT2D eigenvalue weighted by Gasteiger charge is 2.19. The lowest BCUT2D eigenvalue weighted by Crippen LogP contribution is -1.99. The fraction of sp³-hybridized carbons (Fsp3) is 0.500. The van der Waals surface area contributed by atoms with E-state index in [-0.39, 0.29) is 6.61 Å². The Morgan fingerprint density at radius 2 is 2.33 bits per heavy atom. The van der Waals surface area contributed by atoms with E-state index in [9.17, 15) is 0 Å². The van der Waals surface area contributed by atoms with Crippen LogP contribution in [-0.2, 0) is 6.42 Å². The Balaban J connectivity index is 2.18. The van der Waals surface area contributed by atoms with Gasteiger partial charge in [0, 0.05) is 16.8 Å². The number of aliphatic hydroxyl groups is 1. The van der Waals surface area contributed by atoms with Gasteiger partial charge in [-0.05, 0) is 41.7 Å². The van der Waals surface area contributed by atoms with Gasteiger partial charge in [-0.15, -0.1) is 0 Å². The van der Waals surface area contributed by atoms with Gasteiger partial charge in [-0.25, -0.2) is 0 Å². The minimum Gasteiger partial charge on any atom is -0.396 e. The Hall–Kier alpha value is 0.01000. The summed E-state index contributed by atoms with van der Waals surface area (Å²) in [5.74, 6) is 3.25. The van der Waals surface area contributed by atoms with E-state index in [4.69, 9.17) is 5.11 Å². The summed E-state index contributed by atoms with van der Waals surface area (Å²) in [6.45, 7) is 0.227. The molecular formula is C12H15BrOS. The van der Waals surface area contributed by atoms with Gasteiger partial charge >= 0.3 is 0 Å². The molecule has 2 rings (SSSR count). The first-order valence-electron chi connectivity index (χ1n) is 5.28. The van der Waals surface area contributed by atoms with Gasteiger partial charge in [-0.3, -0.25) is 0 Å². The van der Waals surface area contributed by atoms with Gasteiger partial charge in [0.05, 0.1) is 0 Å². The molecule has 1 aromatic carbocycles. The summed E-state index contributed by atoms with van der Waals surface area (Å²) in [7, 11) is 0. The summed E-state index contributed by atoms with van der Waals surface area (Å²) >= 11 is 5.68. The molecule has 1 N–H and O–H groups in total. The molecule has 3 heteroatoms. The third kappa shape index (κ3) is 2.77. The number of benzene rings is 1. The maximum absolute atomic E-state index is 8.87. The lowest BCUT2D eigenvalue weighted by molar-refractivity contribution is 0.299. The standard InChI is InChI=1S/C12H15BrOS/c13-12-7-9(3-5-14)1-2-11(12)10-4-6-15-8-10/h1-2,7,10,14H,3-6,8H2. The normalized spacial score (nSPS) is 20.8. The van der Waals surface area contributed by atoms with Gasteiger partial charge in [-0.1, -0.05) is 28.1 Å². The summed E-state index contributed by atoms with van der Waals surface area (Å²) < 4.78 is 1.21. The largest absolute Gasteiger partial charge is 0.396 e. The Morgan fingerprint density at radius 1 is 1.47 bits per heavy atom. The molecule has 0 aromatic heterocycles. The van der Waals surface area contributed by atoms with Crippen molar-refractivity contribution < 1.29 is 5.11 Å². The topological polar surface area (TPSA) is 20.2 Å². The first-order chi connectivity index (χ1) is 7.31. The molecule has 1 aliphatic heterocycles. The van der Waals surface area contributed by atoms with E-state index in [1.165, 1.54) is 33.5 Å². The first kappa shape index (κ1) is 11.5. The van der Waals surface area contributed by atoms with Crippen LogP contribution in [0.1, 0.15) is 23.5 Å². The summed E-state index contributed by atoms with van der Waals surface area (Å²) in [5, 5.41) is 8.87. The number of rotatable bonds is 3. The number of thioether (sulfide) groups is 1. The van der Waals surface area contributed by atoms with E-state index >= 15 is 0 Å². The molecule has 1 saturated heterocycles. The molecule has 0 radical (unpaired) electrons. The zero-order valence-corrected chi connectivity index (χ0v) is 11.0. The monoisotopic (exact) mass is 286 g/mol. The van der Waals surface area contributed by atoms with Crippen LogP contribution in [0.15, 0.2) is 22.7 Å². The van der Waals surface area contributed by atoms with E-state index in [0.29, 0.717) is 5.92 Å². The molecule has 1 nitrogen and oxygen atoms in total. The van der Waals surface area contributed by atoms with Crippen LogP contribution >= 0.6 is 27.7 Å². The third-order valence-corrected chi connectivity index (χ3v) is 4.68. The van der Waals surface area contributed by atoms with Crippen molar-refractivity contribution in [2.75, 3.05) is 18.1 Å². The van der Waals surface area contributed by atoms with Crippen LogP contribution < -0.4 is 0 Å². The van der Waals surface area contributed by atoms with E-state index < -0.39 is 0 Å². The molecule has 0 saturated carbocycles. The van der Waals surface area contributed by atoms with Gasteiger partial charge in [0.2, 0.25) is 0 Å². The highest BCUT2D eigenvalue weighted by Crippen LogP contribution is 2.36. The van der Waals surface area contributed by atoms with Crippen LogP contribution in [0.3, 0.4) is 0 Å².